The average Bonchev–Trinajstić information content (AvgIpc) is 2.23. The molecule has 16 heavy (non-hydrogen) atoms. The summed E-state index contributed by atoms with van der Waals surface area (Å²) >= 11 is 11.4. The lowest BCUT2D eigenvalue weighted by Crippen LogP contribution is -1.92. The summed E-state index contributed by atoms with van der Waals surface area (Å²) in [7, 11) is 0. The van der Waals surface area contributed by atoms with Crippen molar-refractivity contribution in [3.8, 4) is 17.9 Å². The second-order valence-electron chi connectivity index (χ2n) is 2.68. The smallest absolute Gasteiger partial charge is 0.258 e. The molecule has 0 radical (unpaired) electrons. The summed E-state index contributed by atoms with van der Waals surface area (Å²) in [6.45, 7) is 0. The molecule has 1 aromatic carbocycles. The van der Waals surface area contributed by atoms with E-state index in [1.165, 1.54) is 6.07 Å². The Morgan fingerprint density at radius 3 is 2.56 bits per heavy atom. The van der Waals surface area contributed by atoms with E-state index in [0.717, 1.165) is 6.07 Å². The van der Waals surface area contributed by atoms with Crippen LogP contribution in [0.2, 0.25) is 10.0 Å². The molecule has 0 bridgehead atoms. The highest BCUT2D eigenvalue weighted by molar-refractivity contribution is 6.42. The lowest BCUT2D eigenvalue weighted by atomic mass is 10.2. The molecule has 0 aliphatic rings. The van der Waals surface area contributed by atoms with Crippen molar-refractivity contribution < 1.29 is 4.92 Å². The van der Waals surface area contributed by atoms with E-state index in [1.54, 1.807) is 0 Å². The minimum Gasteiger partial charge on any atom is -0.258 e. The maximum atomic E-state index is 10.7. The summed E-state index contributed by atoms with van der Waals surface area (Å²) in [5.41, 5.74) is -0.0745. The van der Waals surface area contributed by atoms with Crippen LogP contribution in [0.3, 0.4) is 0 Å². The molecule has 0 atom stereocenters. The minimum atomic E-state index is -0.599. The van der Waals surface area contributed by atoms with Gasteiger partial charge in [0.25, 0.3) is 5.69 Å². The molecule has 6 heteroatoms. The lowest BCUT2D eigenvalue weighted by molar-refractivity contribution is -0.385. The van der Waals surface area contributed by atoms with Crippen LogP contribution in [0, 0.1) is 33.3 Å². The number of nitriles is 1. The Hall–Kier alpha value is -1.75. The maximum absolute atomic E-state index is 10.7. The summed E-state index contributed by atoms with van der Waals surface area (Å²) in [6, 6.07) is 4.26. The average molecular weight is 255 g/mol. The van der Waals surface area contributed by atoms with Gasteiger partial charge in [0.05, 0.1) is 27.5 Å². The van der Waals surface area contributed by atoms with Crippen molar-refractivity contribution in [1.82, 2.24) is 0 Å². The van der Waals surface area contributed by atoms with Crippen molar-refractivity contribution >= 4 is 28.9 Å². The van der Waals surface area contributed by atoms with E-state index in [2.05, 4.69) is 11.8 Å². The van der Waals surface area contributed by atoms with Crippen molar-refractivity contribution in [3.05, 3.63) is 37.9 Å². The molecule has 0 aromatic heterocycles. The van der Waals surface area contributed by atoms with E-state index in [1.807, 2.05) is 6.07 Å². The predicted octanol–water partition coefficient (Wildman–Crippen LogP) is 3.17. The third kappa shape index (κ3) is 2.87. The maximum Gasteiger partial charge on any atom is 0.286 e. The van der Waals surface area contributed by atoms with Gasteiger partial charge in [-0.2, -0.15) is 5.26 Å². The van der Waals surface area contributed by atoms with Gasteiger partial charge >= 0.3 is 0 Å². The first-order valence-electron chi connectivity index (χ1n) is 4.05. The molecule has 0 spiro atoms. The van der Waals surface area contributed by atoms with Gasteiger partial charge < -0.3 is 0 Å². The fourth-order valence-corrected chi connectivity index (χ4v) is 1.29. The van der Waals surface area contributed by atoms with Crippen LogP contribution < -0.4 is 0 Å². The van der Waals surface area contributed by atoms with Crippen molar-refractivity contribution in [2.24, 2.45) is 0 Å². The van der Waals surface area contributed by atoms with Gasteiger partial charge in [0.15, 0.2) is 0 Å². The van der Waals surface area contributed by atoms with Gasteiger partial charge in [-0.1, -0.05) is 35.0 Å². The SMILES string of the molecule is N#CCC#Cc1cc(Cl)c(Cl)cc1[N+](=O)[O-]. The molecule has 0 saturated heterocycles. The number of benzene rings is 1. The van der Waals surface area contributed by atoms with Crippen LogP contribution in [-0.2, 0) is 0 Å². The monoisotopic (exact) mass is 254 g/mol. The zero-order valence-electron chi connectivity index (χ0n) is 7.83. The van der Waals surface area contributed by atoms with Gasteiger partial charge in [-0.3, -0.25) is 10.1 Å². The van der Waals surface area contributed by atoms with Gasteiger partial charge in [-0.15, -0.1) is 0 Å². The number of nitro benzene ring substituents is 1. The number of hydrogen-bond donors (Lipinski definition) is 0. The van der Waals surface area contributed by atoms with Crippen LogP contribution >= 0.6 is 23.2 Å². The highest BCUT2D eigenvalue weighted by atomic mass is 35.5. The molecule has 1 aromatic rings. The van der Waals surface area contributed by atoms with E-state index in [4.69, 9.17) is 28.5 Å². The fraction of sp³-hybridized carbons (Fsp3) is 0.100. The van der Waals surface area contributed by atoms with Gasteiger partial charge in [0, 0.05) is 6.07 Å². The molecule has 0 aliphatic carbocycles. The first-order chi connectivity index (χ1) is 7.56. The first-order valence-corrected chi connectivity index (χ1v) is 4.81. The normalized spacial score (nSPS) is 8.81. The van der Waals surface area contributed by atoms with Crippen molar-refractivity contribution in [2.75, 3.05) is 0 Å². The Bertz CT molecular complexity index is 538. The fourth-order valence-electron chi connectivity index (χ4n) is 0.966. The second-order valence-corrected chi connectivity index (χ2v) is 3.49. The Morgan fingerprint density at radius 2 is 2.00 bits per heavy atom. The van der Waals surface area contributed by atoms with E-state index >= 15 is 0 Å². The molecule has 4 nitrogen and oxygen atoms in total. The molecule has 80 valence electrons. The molecule has 0 saturated carbocycles. The standard InChI is InChI=1S/C10H4Cl2N2O2/c11-8-5-7(3-1-2-4-13)10(14(15)16)6-9(8)12/h5-6H,2H2. The van der Waals surface area contributed by atoms with Gasteiger partial charge in [-0.25, -0.2) is 0 Å². The molecule has 0 heterocycles. The molecule has 1 rings (SSSR count). The predicted molar refractivity (Wildman–Crippen MR) is 60.2 cm³/mol. The number of hydrogen-bond acceptors (Lipinski definition) is 3. The summed E-state index contributed by atoms with van der Waals surface area (Å²) in [6.07, 6.45) is -0.00258. The third-order valence-electron chi connectivity index (χ3n) is 1.63. The molecule has 0 unspecified atom stereocenters. The van der Waals surface area contributed by atoms with Gasteiger partial charge in [-0.05, 0) is 6.07 Å². The number of nitrogens with zero attached hydrogens (tertiary/aromatic N) is 2. The first kappa shape index (κ1) is 12.3. The molecule has 0 fully saturated rings. The van der Waals surface area contributed by atoms with Crippen LogP contribution in [0.25, 0.3) is 0 Å². The molecular formula is C10H4Cl2N2O2. The number of rotatable bonds is 1. The third-order valence-corrected chi connectivity index (χ3v) is 2.35. The van der Waals surface area contributed by atoms with Crippen LogP contribution in [-0.4, -0.2) is 4.92 Å². The number of nitro groups is 1. The zero-order chi connectivity index (χ0) is 12.1. The molecular weight excluding hydrogens is 251 g/mol. The van der Waals surface area contributed by atoms with E-state index in [-0.39, 0.29) is 27.7 Å². The topological polar surface area (TPSA) is 66.9 Å². The largest absolute Gasteiger partial charge is 0.286 e. The van der Waals surface area contributed by atoms with Crippen LogP contribution in [0.15, 0.2) is 12.1 Å². The summed E-state index contributed by atoms with van der Waals surface area (Å²) in [5.74, 6) is 4.98. The van der Waals surface area contributed by atoms with Crippen molar-refractivity contribution in [2.45, 2.75) is 6.42 Å². The van der Waals surface area contributed by atoms with Crippen LogP contribution in [0.4, 0.5) is 5.69 Å². The van der Waals surface area contributed by atoms with E-state index in [9.17, 15) is 10.1 Å². The Labute approximate surface area is 102 Å². The van der Waals surface area contributed by atoms with Gasteiger partial charge in [0.1, 0.15) is 5.56 Å². The van der Waals surface area contributed by atoms with Crippen molar-refractivity contribution in [1.29, 1.82) is 5.26 Å². The Kier molecular flexibility index (Phi) is 4.13. The lowest BCUT2D eigenvalue weighted by Gasteiger charge is -1.98. The Balaban J connectivity index is 3.28. The summed E-state index contributed by atoms with van der Waals surface area (Å²) in [4.78, 5) is 10.1. The second kappa shape index (κ2) is 5.37. The highest BCUT2D eigenvalue weighted by Gasteiger charge is 2.15. The zero-order valence-corrected chi connectivity index (χ0v) is 9.34. The summed E-state index contributed by atoms with van der Waals surface area (Å²) in [5, 5.41) is 19.3. The van der Waals surface area contributed by atoms with E-state index in [0.29, 0.717) is 0 Å². The highest BCUT2D eigenvalue weighted by Crippen LogP contribution is 2.29. The van der Waals surface area contributed by atoms with Crippen LogP contribution in [0.1, 0.15) is 12.0 Å². The van der Waals surface area contributed by atoms with Crippen LogP contribution in [0.5, 0.6) is 0 Å². The summed E-state index contributed by atoms with van der Waals surface area (Å²) < 4.78 is 0. The minimum absolute atomic E-state index is 0.00258. The molecule has 0 amide bonds. The van der Waals surface area contributed by atoms with Gasteiger partial charge in [0.2, 0.25) is 0 Å². The molecule has 0 N–H and O–H groups in total. The number of halogens is 2. The van der Waals surface area contributed by atoms with Crippen molar-refractivity contribution in [3.63, 3.8) is 0 Å². The van der Waals surface area contributed by atoms with E-state index < -0.39 is 4.92 Å². The molecule has 0 aliphatic heterocycles. The quantitative estimate of drug-likeness (QED) is 0.439. The Morgan fingerprint density at radius 1 is 1.38 bits per heavy atom.